The Hall–Kier alpha value is -1.20. The van der Waals surface area contributed by atoms with E-state index in [1.54, 1.807) is 0 Å². The topological polar surface area (TPSA) is 55.5 Å². The van der Waals surface area contributed by atoms with Crippen LogP contribution in [0.15, 0.2) is 12.1 Å². The van der Waals surface area contributed by atoms with E-state index in [1.165, 1.54) is 14.0 Å². The Morgan fingerprint density at radius 2 is 1.93 bits per heavy atom. The fraction of sp³-hybridized carbons (Fsp3) is 0.400. The highest BCUT2D eigenvalue weighted by Crippen LogP contribution is 2.29. The molecule has 1 atom stereocenters. The van der Waals surface area contributed by atoms with Crippen LogP contribution in [-0.2, 0) is 5.54 Å². The number of ether oxygens (including phenoxy) is 1. The molecule has 5 heteroatoms. The van der Waals surface area contributed by atoms with Gasteiger partial charge in [0.15, 0.2) is 11.6 Å². The maximum Gasteiger partial charge on any atom is 0.162 e. The van der Waals surface area contributed by atoms with Gasteiger partial charge in [-0.2, -0.15) is 0 Å². The van der Waals surface area contributed by atoms with Gasteiger partial charge in [0.1, 0.15) is 5.75 Å². The summed E-state index contributed by atoms with van der Waals surface area (Å²) in [6.07, 6.45) is 0. The molecule has 0 aliphatic heterocycles. The summed E-state index contributed by atoms with van der Waals surface area (Å²) in [5, 5.41) is 9.03. The highest BCUT2D eigenvalue weighted by Gasteiger charge is 2.26. The molecule has 0 saturated carbocycles. The van der Waals surface area contributed by atoms with E-state index < -0.39 is 23.8 Å². The molecule has 0 saturated heterocycles. The first-order valence-corrected chi connectivity index (χ1v) is 4.35. The first-order valence-electron chi connectivity index (χ1n) is 4.35. The molecule has 1 unspecified atom stereocenters. The van der Waals surface area contributed by atoms with Crippen LogP contribution in [0.25, 0.3) is 0 Å². The molecule has 1 rings (SSSR count). The molecule has 3 N–H and O–H groups in total. The maximum atomic E-state index is 13.0. The van der Waals surface area contributed by atoms with Crippen LogP contribution in [0.5, 0.6) is 5.75 Å². The Bertz CT molecular complexity index is 367. The summed E-state index contributed by atoms with van der Waals surface area (Å²) in [6.45, 7) is 1.11. The lowest BCUT2D eigenvalue weighted by molar-refractivity contribution is 0.205. The molecular weight excluding hydrogens is 204 g/mol. The molecule has 1 aromatic carbocycles. The normalized spacial score (nSPS) is 14.8. The van der Waals surface area contributed by atoms with E-state index in [4.69, 9.17) is 15.6 Å². The quantitative estimate of drug-likeness (QED) is 0.798. The van der Waals surface area contributed by atoms with Gasteiger partial charge in [-0.1, -0.05) is 0 Å². The SMILES string of the molecule is COc1cc(F)c(F)cc1C(C)(N)CO. The molecule has 0 fully saturated rings. The molecule has 0 aliphatic rings. The molecule has 0 amide bonds. The van der Waals surface area contributed by atoms with E-state index in [0.29, 0.717) is 0 Å². The highest BCUT2D eigenvalue weighted by atomic mass is 19.2. The fourth-order valence-electron chi connectivity index (χ4n) is 1.23. The van der Waals surface area contributed by atoms with E-state index in [2.05, 4.69) is 0 Å². The molecule has 0 radical (unpaired) electrons. The number of aliphatic hydroxyl groups excluding tert-OH is 1. The van der Waals surface area contributed by atoms with Crippen molar-refractivity contribution in [3.63, 3.8) is 0 Å². The molecule has 15 heavy (non-hydrogen) atoms. The summed E-state index contributed by atoms with van der Waals surface area (Å²) in [5.74, 6) is -1.91. The van der Waals surface area contributed by atoms with Gasteiger partial charge in [-0.3, -0.25) is 0 Å². The second kappa shape index (κ2) is 4.12. The van der Waals surface area contributed by atoms with Gasteiger partial charge in [0.05, 0.1) is 19.3 Å². The first-order chi connectivity index (χ1) is 6.92. The second-order valence-electron chi connectivity index (χ2n) is 3.54. The average molecular weight is 217 g/mol. The van der Waals surface area contributed by atoms with E-state index in [-0.39, 0.29) is 11.3 Å². The number of methoxy groups -OCH3 is 1. The van der Waals surface area contributed by atoms with E-state index >= 15 is 0 Å². The van der Waals surface area contributed by atoms with Crippen LogP contribution < -0.4 is 10.5 Å². The Labute approximate surface area is 86.5 Å². The molecule has 1 aromatic rings. The average Bonchev–Trinajstić information content (AvgIpc) is 2.21. The van der Waals surface area contributed by atoms with E-state index in [1.807, 2.05) is 0 Å². The second-order valence-corrected chi connectivity index (χ2v) is 3.54. The first kappa shape index (κ1) is 11.9. The molecular formula is C10H13F2NO2. The van der Waals surface area contributed by atoms with Crippen LogP contribution in [0, 0.1) is 11.6 Å². The number of benzene rings is 1. The van der Waals surface area contributed by atoms with Crippen LogP contribution in [-0.4, -0.2) is 18.8 Å². The summed E-state index contributed by atoms with van der Waals surface area (Å²) in [4.78, 5) is 0. The Balaban J connectivity index is 3.34. The van der Waals surface area contributed by atoms with Gasteiger partial charge in [-0.15, -0.1) is 0 Å². The number of rotatable bonds is 3. The molecule has 0 aromatic heterocycles. The van der Waals surface area contributed by atoms with Crippen LogP contribution in [0.4, 0.5) is 8.78 Å². The molecule has 3 nitrogen and oxygen atoms in total. The van der Waals surface area contributed by atoms with Gasteiger partial charge in [-0.05, 0) is 13.0 Å². The zero-order valence-electron chi connectivity index (χ0n) is 8.55. The van der Waals surface area contributed by atoms with Crippen LogP contribution in [0.2, 0.25) is 0 Å². The predicted octanol–water partition coefficient (Wildman–Crippen LogP) is 1.14. The van der Waals surface area contributed by atoms with Crippen LogP contribution >= 0.6 is 0 Å². The molecule has 0 aliphatic carbocycles. The lowest BCUT2D eigenvalue weighted by Crippen LogP contribution is -2.37. The third-order valence-corrected chi connectivity index (χ3v) is 2.19. The summed E-state index contributed by atoms with van der Waals surface area (Å²) in [7, 11) is 1.32. The van der Waals surface area contributed by atoms with Crippen molar-refractivity contribution >= 4 is 0 Å². The van der Waals surface area contributed by atoms with Gasteiger partial charge in [0, 0.05) is 11.6 Å². The van der Waals surface area contributed by atoms with Crippen molar-refractivity contribution in [1.82, 2.24) is 0 Å². The van der Waals surface area contributed by atoms with Crippen molar-refractivity contribution in [2.24, 2.45) is 5.73 Å². The third kappa shape index (κ3) is 2.24. The molecule has 0 heterocycles. The van der Waals surface area contributed by atoms with Gasteiger partial charge in [0.2, 0.25) is 0 Å². The van der Waals surface area contributed by atoms with Crippen molar-refractivity contribution in [2.45, 2.75) is 12.5 Å². The minimum atomic E-state index is -1.17. The molecule has 0 spiro atoms. The molecule has 0 bridgehead atoms. The smallest absolute Gasteiger partial charge is 0.162 e. The van der Waals surface area contributed by atoms with Crippen LogP contribution in [0.3, 0.4) is 0 Å². The van der Waals surface area contributed by atoms with E-state index in [9.17, 15) is 8.78 Å². The fourth-order valence-corrected chi connectivity index (χ4v) is 1.23. The summed E-state index contributed by atoms with van der Waals surface area (Å²) < 4.78 is 30.7. The van der Waals surface area contributed by atoms with Crippen molar-refractivity contribution in [1.29, 1.82) is 0 Å². The zero-order chi connectivity index (χ0) is 11.6. The maximum absolute atomic E-state index is 13.0. The van der Waals surface area contributed by atoms with Gasteiger partial charge < -0.3 is 15.6 Å². The van der Waals surface area contributed by atoms with Crippen molar-refractivity contribution in [3.8, 4) is 5.75 Å². The summed E-state index contributed by atoms with van der Waals surface area (Å²) in [6, 6.07) is 1.84. The predicted molar refractivity (Wildman–Crippen MR) is 51.5 cm³/mol. The Kier molecular flexibility index (Phi) is 3.26. The number of halogens is 2. The highest BCUT2D eigenvalue weighted by molar-refractivity contribution is 5.39. The largest absolute Gasteiger partial charge is 0.496 e. The minimum absolute atomic E-state index is 0.118. The Morgan fingerprint density at radius 1 is 1.40 bits per heavy atom. The summed E-state index contributed by atoms with van der Waals surface area (Å²) in [5.41, 5.74) is 4.77. The summed E-state index contributed by atoms with van der Waals surface area (Å²) >= 11 is 0. The van der Waals surface area contributed by atoms with E-state index in [0.717, 1.165) is 12.1 Å². The number of hydrogen-bond acceptors (Lipinski definition) is 3. The lowest BCUT2D eigenvalue weighted by Gasteiger charge is -2.24. The zero-order valence-corrected chi connectivity index (χ0v) is 8.55. The monoisotopic (exact) mass is 217 g/mol. The minimum Gasteiger partial charge on any atom is -0.496 e. The number of aliphatic hydroxyl groups is 1. The third-order valence-electron chi connectivity index (χ3n) is 2.19. The van der Waals surface area contributed by atoms with Crippen molar-refractivity contribution in [3.05, 3.63) is 29.3 Å². The van der Waals surface area contributed by atoms with Gasteiger partial charge in [-0.25, -0.2) is 8.78 Å². The molecule has 84 valence electrons. The lowest BCUT2D eigenvalue weighted by atomic mass is 9.93. The standard InChI is InChI=1S/C10H13F2NO2/c1-10(13,5-14)6-3-7(11)8(12)4-9(6)15-2/h3-4,14H,5,13H2,1-2H3. The number of hydrogen-bond donors (Lipinski definition) is 2. The van der Waals surface area contributed by atoms with Crippen molar-refractivity contribution in [2.75, 3.05) is 13.7 Å². The Morgan fingerprint density at radius 3 is 2.40 bits per heavy atom. The van der Waals surface area contributed by atoms with Gasteiger partial charge in [0.25, 0.3) is 0 Å². The number of nitrogens with two attached hydrogens (primary N) is 1. The van der Waals surface area contributed by atoms with Crippen LogP contribution in [0.1, 0.15) is 12.5 Å². The van der Waals surface area contributed by atoms with Crippen molar-refractivity contribution < 1.29 is 18.6 Å². The van der Waals surface area contributed by atoms with Gasteiger partial charge >= 0.3 is 0 Å².